The van der Waals surface area contributed by atoms with E-state index in [2.05, 4.69) is 20.4 Å². The maximum atomic E-state index is 11.0. The molecule has 17 heavy (non-hydrogen) atoms. The van der Waals surface area contributed by atoms with Crippen LogP contribution in [0.4, 0.5) is 0 Å². The molecule has 1 amide bonds. The number of carbonyl (C=O) groups is 1. The zero-order chi connectivity index (χ0) is 12.1. The predicted molar refractivity (Wildman–Crippen MR) is 63.3 cm³/mol. The summed E-state index contributed by atoms with van der Waals surface area (Å²) in [5, 5.41) is 11.1. The first-order valence-corrected chi connectivity index (χ1v) is 6.07. The molecule has 6 heteroatoms. The highest BCUT2D eigenvalue weighted by Crippen LogP contribution is 2.09. The third kappa shape index (κ3) is 3.81. The second-order valence-corrected chi connectivity index (χ2v) is 4.47. The minimum absolute atomic E-state index is 0.0607. The van der Waals surface area contributed by atoms with Crippen LogP contribution < -0.4 is 5.32 Å². The van der Waals surface area contributed by atoms with Crippen molar-refractivity contribution in [3.63, 3.8) is 0 Å². The molecular weight excluding hydrogens is 218 g/mol. The van der Waals surface area contributed by atoms with Gasteiger partial charge >= 0.3 is 0 Å². The van der Waals surface area contributed by atoms with Crippen molar-refractivity contribution in [1.82, 2.24) is 25.2 Å². The van der Waals surface area contributed by atoms with Crippen molar-refractivity contribution in [3.05, 3.63) is 12.4 Å². The summed E-state index contributed by atoms with van der Waals surface area (Å²) in [7, 11) is 0. The van der Waals surface area contributed by atoms with Crippen LogP contribution in [-0.2, 0) is 11.3 Å². The molecule has 2 heterocycles. The SMILES string of the molecule is CC(=O)NC1CCCN(CCn2nccn2)C1. The summed E-state index contributed by atoms with van der Waals surface area (Å²) < 4.78 is 0. The van der Waals surface area contributed by atoms with E-state index in [1.165, 1.54) is 0 Å². The quantitative estimate of drug-likeness (QED) is 0.793. The molecule has 1 aromatic rings. The van der Waals surface area contributed by atoms with E-state index in [1.54, 1.807) is 24.1 Å². The average molecular weight is 237 g/mol. The van der Waals surface area contributed by atoms with E-state index in [9.17, 15) is 4.79 Å². The monoisotopic (exact) mass is 237 g/mol. The Morgan fingerprint density at radius 1 is 1.41 bits per heavy atom. The van der Waals surface area contributed by atoms with Crippen molar-refractivity contribution in [1.29, 1.82) is 0 Å². The average Bonchev–Trinajstić information content (AvgIpc) is 2.79. The van der Waals surface area contributed by atoms with Crippen LogP contribution >= 0.6 is 0 Å². The van der Waals surface area contributed by atoms with Crippen LogP contribution in [0.1, 0.15) is 19.8 Å². The van der Waals surface area contributed by atoms with Gasteiger partial charge in [-0.15, -0.1) is 0 Å². The number of rotatable bonds is 4. The van der Waals surface area contributed by atoms with Gasteiger partial charge in [0.1, 0.15) is 0 Å². The van der Waals surface area contributed by atoms with Gasteiger partial charge < -0.3 is 5.32 Å². The summed E-state index contributed by atoms with van der Waals surface area (Å²) in [6.07, 6.45) is 5.60. The molecule has 1 unspecified atom stereocenters. The number of hydrogen-bond acceptors (Lipinski definition) is 4. The number of aromatic nitrogens is 3. The van der Waals surface area contributed by atoms with Crippen LogP contribution in [0.25, 0.3) is 0 Å². The first kappa shape index (κ1) is 12.0. The van der Waals surface area contributed by atoms with Gasteiger partial charge in [-0.25, -0.2) is 0 Å². The zero-order valence-electron chi connectivity index (χ0n) is 10.2. The van der Waals surface area contributed by atoms with Gasteiger partial charge in [0.2, 0.25) is 5.91 Å². The minimum Gasteiger partial charge on any atom is -0.352 e. The number of amides is 1. The van der Waals surface area contributed by atoms with Gasteiger partial charge in [0.05, 0.1) is 18.9 Å². The lowest BCUT2D eigenvalue weighted by Gasteiger charge is -2.32. The van der Waals surface area contributed by atoms with E-state index in [0.717, 1.165) is 39.0 Å². The van der Waals surface area contributed by atoms with Crippen LogP contribution in [-0.4, -0.2) is 51.5 Å². The molecule has 1 saturated heterocycles. The number of piperidine rings is 1. The smallest absolute Gasteiger partial charge is 0.217 e. The maximum absolute atomic E-state index is 11.0. The topological polar surface area (TPSA) is 63.1 Å². The lowest BCUT2D eigenvalue weighted by Crippen LogP contribution is -2.47. The Kier molecular flexibility index (Phi) is 4.08. The van der Waals surface area contributed by atoms with Crippen molar-refractivity contribution in [2.24, 2.45) is 0 Å². The van der Waals surface area contributed by atoms with E-state index in [1.807, 2.05) is 0 Å². The Balaban J connectivity index is 1.75. The van der Waals surface area contributed by atoms with Gasteiger partial charge in [-0.05, 0) is 19.4 Å². The van der Waals surface area contributed by atoms with Crippen LogP contribution in [0.3, 0.4) is 0 Å². The Hall–Kier alpha value is -1.43. The van der Waals surface area contributed by atoms with Crippen molar-refractivity contribution in [2.45, 2.75) is 32.4 Å². The van der Waals surface area contributed by atoms with Crippen molar-refractivity contribution >= 4 is 5.91 Å². The summed E-state index contributed by atoms with van der Waals surface area (Å²) in [5.41, 5.74) is 0. The van der Waals surface area contributed by atoms with E-state index < -0.39 is 0 Å². The van der Waals surface area contributed by atoms with Crippen molar-refractivity contribution in [2.75, 3.05) is 19.6 Å². The molecule has 1 aliphatic rings. The molecule has 94 valence electrons. The number of likely N-dealkylation sites (tertiary alicyclic amines) is 1. The number of carbonyl (C=O) groups excluding carboxylic acids is 1. The second-order valence-electron chi connectivity index (χ2n) is 4.47. The number of hydrogen-bond donors (Lipinski definition) is 1. The van der Waals surface area contributed by atoms with Crippen LogP contribution in [0.15, 0.2) is 12.4 Å². The van der Waals surface area contributed by atoms with Crippen LogP contribution in [0.5, 0.6) is 0 Å². The molecule has 1 N–H and O–H groups in total. The maximum Gasteiger partial charge on any atom is 0.217 e. The van der Waals surface area contributed by atoms with Crippen LogP contribution in [0.2, 0.25) is 0 Å². The van der Waals surface area contributed by atoms with E-state index in [4.69, 9.17) is 0 Å². The fourth-order valence-electron chi connectivity index (χ4n) is 2.25. The highest BCUT2D eigenvalue weighted by atomic mass is 16.1. The third-order valence-electron chi connectivity index (χ3n) is 3.00. The minimum atomic E-state index is 0.0607. The zero-order valence-corrected chi connectivity index (χ0v) is 10.2. The van der Waals surface area contributed by atoms with Crippen molar-refractivity contribution < 1.29 is 4.79 Å². The molecule has 1 atom stereocenters. The first-order valence-electron chi connectivity index (χ1n) is 6.07. The van der Waals surface area contributed by atoms with Crippen molar-refractivity contribution in [3.8, 4) is 0 Å². The van der Waals surface area contributed by atoms with E-state index in [0.29, 0.717) is 6.04 Å². The normalized spacial score (nSPS) is 21.4. The molecule has 0 radical (unpaired) electrons. The molecule has 0 spiro atoms. The summed E-state index contributed by atoms with van der Waals surface area (Å²) in [6.45, 7) is 5.34. The van der Waals surface area contributed by atoms with E-state index in [-0.39, 0.29) is 5.91 Å². The lowest BCUT2D eigenvalue weighted by molar-refractivity contribution is -0.120. The van der Waals surface area contributed by atoms with Gasteiger partial charge in [-0.3, -0.25) is 9.69 Å². The Labute approximate surface area is 101 Å². The molecular formula is C11H19N5O. The molecule has 0 aromatic carbocycles. The molecule has 1 fully saturated rings. The predicted octanol–water partition coefficient (Wildman–Crippen LogP) is -0.121. The Morgan fingerprint density at radius 3 is 2.88 bits per heavy atom. The van der Waals surface area contributed by atoms with Gasteiger partial charge in [0.25, 0.3) is 0 Å². The molecule has 0 saturated carbocycles. The second kappa shape index (κ2) is 5.77. The number of nitrogens with zero attached hydrogens (tertiary/aromatic N) is 4. The molecule has 0 aliphatic carbocycles. The Morgan fingerprint density at radius 2 is 2.18 bits per heavy atom. The largest absolute Gasteiger partial charge is 0.352 e. The summed E-state index contributed by atoms with van der Waals surface area (Å²) in [5.74, 6) is 0.0607. The standard InChI is InChI=1S/C11H19N5O/c1-10(17)14-11-3-2-6-15(9-11)7-8-16-12-4-5-13-16/h4-5,11H,2-3,6-9H2,1H3,(H,14,17). The third-order valence-corrected chi connectivity index (χ3v) is 3.00. The van der Waals surface area contributed by atoms with E-state index >= 15 is 0 Å². The summed E-state index contributed by atoms with van der Waals surface area (Å²) in [6, 6.07) is 0.298. The molecule has 2 rings (SSSR count). The molecule has 1 aromatic heterocycles. The summed E-state index contributed by atoms with van der Waals surface area (Å²) >= 11 is 0. The van der Waals surface area contributed by atoms with Crippen LogP contribution in [0, 0.1) is 0 Å². The first-order chi connectivity index (χ1) is 8.24. The fourth-order valence-corrected chi connectivity index (χ4v) is 2.25. The Bertz CT molecular complexity index is 351. The highest BCUT2D eigenvalue weighted by molar-refractivity contribution is 5.73. The molecule has 1 aliphatic heterocycles. The summed E-state index contributed by atoms with van der Waals surface area (Å²) in [4.78, 5) is 15.1. The highest BCUT2D eigenvalue weighted by Gasteiger charge is 2.19. The van der Waals surface area contributed by atoms with Gasteiger partial charge in [-0.1, -0.05) is 0 Å². The van der Waals surface area contributed by atoms with Gasteiger partial charge in [0, 0.05) is 26.1 Å². The molecule has 6 nitrogen and oxygen atoms in total. The lowest BCUT2D eigenvalue weighted by atomic mass is 10.1. The van der Waals surface area contributed by atoms with Gasteiger partial charge in [0.15, 0.2) is 0 Å². The number of nitrogens with one attached hydrogen (secondary N) is 1. The fraction of sp³-hybridized carbons (Fsp3) is 0.727. The van der Waals surface area contributed by atoms with Gasteiger partial charge in [-0.2, -0.15) is 15.0 Å². The molecule has 0 bridgehead atoms.